The highest BCUT2D eigenvalue weighted by atomic mass is 15.2. The highest BCUT2D eigenvalue weighted by molar-refractivity contribution is 5.53. The lowest BCUT2D eigenvalue weighted by Gasteiger charge is -2.35. The molecular formula is C27H37N2+. The van der Waals surface area contributed by atoms with Gasteiger partial charge in [0.1, 0.15) is 11.2 Å². The number of imidazole rings is 1. The molecule has 0 saturated heterocycles. The fourth-order valence-corrected chi connectivity index (χ4v) is 6.55. The molecular weight excluding hydrogens is 352 g/mol. The molecule has 1 unspecified atom stereocenters. The zero-order valence-electron chi connectivity index (χ0n) is 18.6. The lowest BCUT2D eigenvalue weighted by atomic mass is 9.75. The highest BCUT2D eigenvalue weighted by Crippen LogP contribution is 2.43. The lowest BCUT2D eigenvalue weighted by molar-refractivity contribution is -0.761. The van der Waals surface area contributed by atoms with Crippen molar-refractivity contribution in [3.05, 3.63) is 53.1 Å². The first-order valence-electron chi connectivity index (χ1n) is 12.0. The van der Waals surface area contributed by atoms with Gasteiger partial charge in [0.15, 0.2) is 11.4 Å². The minimum absolute atomic E-state index is 0.140. The van der Waals surface area contributed by atoms with E-state index in [1.165, 1.54) is 86.8 Å². The summed E-state index contributed by atoms with van der Waals surface area (Å²) in [5.74, 6) is 3.04. The van der Waals surface area contributed by atoms with Crippen LogP contribution in [0.5, 0.6) is 0 Å². The van der Waals surface area contributed by atoms with E-state index in [1.54, 1.807) is 5.82 Å². The number of fused-ring (bicyclic) bond motifs is 1. The molecule has 3 aliphatic rings. The Kier molecular flexibility index (Phi) is 4.92. The summed E-state index contributed by atoms with van der Waals surface area (Å²) in [6.07, 6.45) is 18.9. The van der Waals surface area contributed by atoms with Gasteiger partial charge in [-0.1, -0.05) is 56.7 Å². The minimum atomic E-state index is 0.140. The van der Waals surface area contributed by atoms with Gasteiger partial charge >= 0.3 is 0 Å². The van der Waals surface area contributed by atoms with Gasteiger partial charge in [0, 0.05) is 12.8 Å². The summed E-state index contributed by atoms with van der Waals surface area (Å²) in [5, 5.41) is 0. The zero-order chi connectivity index (χ0) is 20.0. The van der Waals surface area contributed by atoms with Crippen LogP contribution in [0.4, 0.5) is 0 Å². The number of hydrogen-bond donors (Lipinski definition) is 0. The van der Waals surface area contributed by atoms with E-state index in [2.05, 4.69) is 66.3 Å². The Morgan fingerprint density at radius 1 is 0.897 bits per heavy atom. The first-order valence-corrected chi connectivity index (χ1v) is 12.0. The van der Waals surface area contributed by atoms with Gasteiger partial charge in [-0.25, -0.2) is 4.57 Å². The normalized spacial score (nSPS) is 25.5. The Morgan fingerprint density at radius 3 is 2.24 bits per heavy atom. The molecule has 1 aliphatic heterocycles. The maximum Gasteiger partial charge on any atom is 0.266 e. The van der Waals surface area contributed by atoms with Crippen molar-refractivity contribution in [2.75, 3.05) is 0 Å². The average Bonchev–Trinajstić information content (AvgIpc) is 3.26. The molecule has 2 heterocycles. The molecule has 2 aromatic rings. The fraction of sp³-hybridized carbons (Fsp3) is 0.593. The number of benzene rings is 1. The lowest BCUT2D eigenvalue weighted by Crippen LogP contribution is -2.59. The van der Waals surface area contributed by atoms with Gasteiger partial charge in [-0.3, -0.25) is 0 Å². The largest absolute Gasteiger partial charge is 0.266 e. The second kappa shape index (κ2) is 7.45. The Morgan fingerprint density at radius 2 is 1.55 bits per heavy atom. The average molecular weight is 390 g/mol. The molecule has 0 amide bonds. The zero-order valence-corrected chi connectivity index (χ0v) is 18.6. The topological polar surface area (TPSA) is 8.81 Å². The minimum Gasteiger partial charge on any atom is -0.218 e. The van der Waals surface area contributed by atoms with Crippen LogP contribution < -0.4 is 4.57 Å². The number of nitrogens with zero attached hydrogens (tertiary/aromatic N) is 2. The van der Waals surface area contributed by atoms with Gasteiger partial charge in [0.2, 0.25) is 0 Å². The van der Waals surface area contributed by atoms with Crippen molar-refractivity contribution >= 4 is 6.08 Å². The molecule has 154 valence electrons. The Balaban J connectivity index is 1.73. The van der Waals surface area contributed by atoms with E-state index in [1.807, 2.05) is 0 Å². The molecule has 1 atom stereocenters. The standard InChI is InChI=1S/C27H37N2/c1-20-12-10-11-17-24(20)28-21(2)25-18-19-27(3,23-15-8-5-9-16-23)29(25)26(28)22-13-6-4-7-14-22/h10-12,17-19,22-23H,4-9,13-16H2,1-3H3/q+1. The van der Waals surface area contributed by atoms with E-state index in [-0.39, 0.29) is 5.54 Å². The number of allylic oxidation sites excluding steroid dienone is 1. The predicted molar refractivity (Wildman–Crippen MR) is 121 cm³/mol. The molecule has 2 saturated carbocycles. The first-order chi connectivity index (χ1) is 14.1. The molecule has 2 nitrogen and oxygen atoms in total. The Hall–Kier alpha value is -1.83. The van der Waals surface area contributed by atoms with Crippen LogP contribution in [0.25, 0.3) is 11.8 Å². The van der Waals surface area contributed by atoms with Crippen LogP contribution in [-0.4, -0.2) is 4.57 Å². The summed E-state index contributed by atoms with van der Waals surface area (Å²) in [6.45, 7) is 7.15. The molecule has 2 fully saturated rings. The second-order valence-electron chi connectivity index (χ2n) is 10.0. The second-order valence-corrected chi connectivity index (χ2v) is 10.0. The molecule has 2 aliphatic carbocycles. The van der Waals surface area contributed by atoms with E-state index in [0.29, 0.717) is 5.92 Å². The third-order valence-electron chi connectivity index (χ3n) is 8.22. The number of hydrogen-bond acceptors (Lipinski definition) is 0. The van der Waals surface area contributed by atoms with Crippen molar-refractivity contribution in [3.63, 3.8) is 0 Å². The predicted octanol–water partition coefficient (Wildman–Crippen LogP) is 6.75. The number of para-hydroxylation sites is 1. The van der Waals surface area contributed by atoms with Crippen LogP contribution in [0.2, 0.25) is 0 Å². The first kappa shape index (κ1) is 19.2. The monoisotopic (exact) mass is 389 g/mol. The summed E-state index contributed by atoms with van der Waals surface area (Å²) in [5.41, 5.74) is 5.79. The van der Waals surface area contributed by atoms with Crippen LogP contribution in [0, 0.1) is 19.8 Å². The number of aryl methyl sites for hydroxylation is 1. The van der Waals surface area contributed by atoms with Gasteiger partial charge in [-0.2, -0.15) is 4.57 Å². The van der Waals surface area contributed by atoms with Crippen molar-refractivity contribution < 1.29 is 4.57 Å². The van der Waals surface area contributed by atoms with Gasteiger partial charge in [-0.05, 0) is 63.3 Å². The van der Waals surface area contributed by atoms with Crippen molar-refractivity contribution in [1.29, 1.82) is 0 Å². The van der Waals surface area contributed by atoms with Crippen LogP contribution in [0.1, 0.15) is 99.8 Å². The summed E-state index contributed by atoms with van der Waals surface area (Å²) in [6, 6.07) is 8.97. The van der Waals surface area contributed by atoms with Crippen LogP contribution >= 0.6 is 0 Å². The van der Waals surface area contributed by atoms with Gasteiger partial charge in [0.25, 0.3) is 5.82 Å². The molecule has 1 aromatic carbocycles. The van der Waals surface area contributed by atoms with E-state index >= 15 is 0 Å². The summed E-state index contributed by atoms with van der Waals surface area (Å²) >= 11 is 0. The van der Waals surface area contributed by atoms with Gasteiger partial charge in [-0.15, -0.1) is 0 Å². The SMILES string of the molecule is Cc1ccccc1-n1c(C)c2[n+](c1C1CCCCC1)C(C)(C1CCCCC1)C=C2. The van der Waals surface area contributed by atoms with Gasteiger partial charge < -0.3 is 0 Å². The molecule has 2 heteroatoms. The maximum absolute atomic E-state index is 2.81. The Labute approximate surface area is 176 Å². The molecule has 0 spiro atoms. The van der Waals surface area contributed by atoms with Crippen molar-refractivity contribution in [2.45, 2.75) is 96.4 Å². The van der Waals surface area contributed by atoms with Crippen molar-refractivity contribution in [3.8, 4) is 5.69 Å². The molecule has 29 heavy (non-hydrogen) atoms. The maximum atomic E-state index is 2.81. The van der Waals surface area contributed by atoms with Gasteiger partial charge in [0.05, 0.1) is 5.92 Å². The molecule has 1 aromatic heterocycles. The highest BCUT2D eigenvalue weighted by Gasteiger charge is 2.49. The third-order valence-corrected chi connectivity index (χ3v) is 8.22. The van der Waals surface area contributed by atoms with E-state index in [0.717, 1.165) is 5.92 Å². The fourth-order valence-electron chi connectivity index (χ4n) is 6.55. The number of aromatic nitrogens is 2. The van der Waals surface area contributed by atoms with Crippen LogP contribution in [0.3, 0.4) is 0 Å². The van der Waals surface area contributed by atoms with Crippen LogP contribution in [0.15, 0.2) is 30.3 Å². The van der Waals surface area contributed by atoms with Crippen molar-refractivity contribution in [1.82, 2.24) is 4.57 Å². The van der Waals surface area contributed by atoms with E-state index < -0.39 is 0 Å². The summed E-state index contributed by atoms with van der Waals surface area (Å²) in [7, 11) is 0. The molecule has 0 radical (unpaired) electrons. The van der Waals surface area contributed by atoms with Crippen molar-refractivity contribution in [2.24, 2.45) is 5.92 Å². The Bertz CT molecular complexity index is 922. The van der Waals surface area contributed by atoms with E-state index in [9.17, 15) is 0 Å². The molecule has 0 N–H and O–H groups in total. The van der Waals surface area contributed by atoms with Crippen LogP contribution in [-0.2, 0) is 5.54 Å². The molecule has 0 bridgehead atoms. The number of rotatable bonds is 3. The summed E-state index contributed by atoms with van der Waals surface area (Å²) < 4.78 is 5.45. The summed E-state index contributed by atoms with van der Waals surface area (Å²) in [4.78, 5) is 0. The molecule has 5 rings (SSSR count). The van der Waals surface area contributed by atoms with E-state index in [4.69, 9.17) is 0 Å². The quantitative estimate of drug-likeness (QED) is 0.513. The third kappa shape index (κ3) is 3.02. The smallest absolute Gasteiger partial charge is 0.218 e.